The van der Waals surface area contributed by atoms with Gasteiger partial charge in [-0.25, -0.2) is 0 Å². The molecule has 0 fully saturated rings. The first-order valence-electron chi connectivity index (χ1n) is 6.30. The van der Waals surface area contributed by atoms with Gasteiger partial charge in [0.25, 0.3) is 0 Å². The molecule has 1 aromatic rings. The Morgan fingerprint density at radius 2 is 2.21 bits per heavy atom. The summed E-state index contributed by atoms with van der Waals surface area (Å²) in [4.78, 5) is 4.41. The summed E-state index contributed by atoms with van der Waals surface area (Å²) >= 11 is 0. The van der Waals surface area contributed by atoms with E-state index >= 15 is 0 Å². The highest BCUT2D eigenvalue weighted by molar-refractivity contribution is 6.10. The van der Waals surface area contributed by atoms with Crippen LogP contribution in [0.25, 0.3) is 5.57 Å². The summed E-state index contributed by atoms with van der Waals surface area (Å²) in [5.41, 5.74) is 5.38. The van der Waals surface area contributed by atoms with E-state index in [1.54, 1.807) is 0 Å². The highest BCUT2D eigenvalue weighted by Gasteiger charge is 2.02. The Kier molecular flexibility index (Phi) is 4.18. The molecule has 0 saturated heterocycles. The van der Waals surface area contributed by atoms with Crippen LogP contribution in [0.1, 0.15) is 12.5 Å². The largest absolute Gasteiger partial charge is 0.388 e. The van der Waals surface area contributed by atoms with E-state index in [-0.39, 0.29) is 0 Å². The lowest BCUT2D eigenvalue weighted by Gasteiger charge is -2.06. The second kappa shape index (κ2) is 6.05. The van der Waals surface area contributed by atoms with Gasteiger partial charge in [0.15, 0.2) is 0 Å². The third-order valence-electron chi connectivity index (χ3n) is 2.88. The third kappa shape index (κ3) is 3.58. The fraction of sp³-hybridized carbons (Fsp3) is 0.188. The summed E-state index contributed by atoms with van der Waals surface area (Å²) in [6.45, 7) is 6.56. The lowest BCUT2D eigenvalue weighted by atomic mass is 10.0. The molecule has 2 N–H and O–H groups in total. The van der Waals surface area contributed by atoms with Crippen LogP contribution in [0.4, 0.5) is 5.69 Å². The first-order valence-corrected chi connectivity index (χ1v) is 6.30. The molecule has 19 heavy (non-hydrogen) atoms. The number of hydrogen-bond acceptors (Lipinski definition) is 3. The van der Waals surface area contributed by atoms with Crippen molar-refractivity contribution in [3.05, 3.63) is 60.0 Å². The molecule has 2 rings (SSSR count). The number of rotatable bonds is 2. The average Bonchev–Trinajstić information content (AvgIpc) is 2.51. The molecule has 1 aliphatic rings. The SMILES string of the molecule is C=C1CN=C/C(c2cccc(NC)c2)=C\C(C)=C\N1. The minimum Gasteiger partial charge on any atom is -0.388 e. The summed E-state index contributed by atoms with van der Waals surface area (Å²) < 4.78 is 0. The van der Waals surface area contributed by atoms with Gasteiger partial charge in [0, 0.05) is 30.8 Å². The van der Waals surface area contributed by atoms with Crippen LogP contribution >= 0.6 is 0 Å². The first kappa shape index (κ1) is 13.1. The number of benzene rings is 1. The van der Waals surface area contributed by atoms with Crippen molar-refractivity contribution in [1.82, 2.24) is 5.32 Å². The molecule has 0 spiro atoms. The molecular formula is C16H19N3. The topological polar surface area (TPSA) is 36.4 Å². The minimum absolute atomic E-state index is 0.590. The fourth-order valence-corrected chi connectivity index (χ4v) is 1.85. The smallest absolute Gasteiger partial charge is 0.0783 e. The Morgan fingerprint density at radius 1 is 1.37 bits per heavy atom. The van der Waals surface area contributed by atoms with E-state index in [4.69, 9.17) is 0 Å². The Hall–Kier alpha value is -2.29. The monoisotopic (exact) mass is 253 g/mol. The molecule has 98 valence electrons. The van der Waals surface area contributed by atoms with E-state index < -0.39 is 0 Å². The molecule has 1 heterocycles. The van der Waals surface area contributed by atoms with Crippen LogP contribution in [0.15, 0.2) is 59.4 Å². The standard InChI is InChI=1S/C16H19N3/c1-12-7-15(11-18-10-13(2)19-9-12)14-5-4-6-16(8-14)17-3/h4-9,11,17,19H,2,10H2,1,3H3/b12-9+,15-7+,18-11?. The van der Waals surface area contributed by atoms with E-state index in [1.807, 2.05) is 31.6 Å². The van der Waals surface area contributed by atoms with Crippen molar-refractivity contribution in [2.75, 3.05) is 18.9 Å². The number of nitrogens with zero attached hydrogens (tertiary/aromatic N) is 1. The van der Waals surface area contributed by atoms with Crippen molar-refractivity contribution in [3.63, 3.8) is 0 Å². The Labute approximate surface area is 114 Å². The summed E-state index contributed by atoms with van der Waals surface area (Å²) in [7, 11) is 1.92. The van der Waals surface area contributed by atoms with Crippen LogP contribution in [0.2, 0.25) is 0 Å². The summed E-state index contributed by atoms with van der Waals surface area (Å²) in [6.07, 6.45) is 5.98. The van der Waals surface area contributed by atoms with Crippen LogP contribution in [-0.4, -0.2) is 19.8 Å². The van der Waals surface area contributed by atoms with Crippen molar-refractivity contribution in [2.45, 2.75) is 6.92 Å². The van der Waals surface area contributed by atoms with Gasteiger partial charge in [-0.3, -0.25) is 4.99 Å². The highest BCUT2D eigenvalue weighted by atomic mass is 14.9. The van der Waals surface area contributed by atoms with Crippen LogP contribution in [0.3, 0.4) is 0 Å². The van der Waals surface area contributed by atoms with Crippen LogP contribution in [0, 0.1) is 0 Å². The fourth-order valence-electron chi connectivity index (χ4n) is 1.85. The first-order chi connectivity index (χ1) is 9.19. The number of anilines is 1. The maximum Gasteiger partial charge on any atom is 0.0783 e. The van der Waals surface area contributed by atoms with Gasteiger partial charge in [-0.15, -0.1) is 0 Å². The highest BCUT2D eigenvalue weighted by Crippen LogP contribution is 2.19. The second-order valence-corrected chi connectivity index (χ2v) is 4.54. The number of allylic oxidation sites excluding steroid dienone is 3. The zero-order valence-corrected chi connectivity index (χ0v) is 11.4. The molecule has 3 nitrogen and oxygen atoms in total. The molecule has 0 bridgehead atoms. The molecule has 0 saturated carbocycles. The number of nitrogens with one attached hydrogen (secondary N) is 2. The van der Waals surface area contributed by atoms with Crippen molar-refractivity contribution in [3.8, 4) is 0 Å². The summed E-state index contributed by atoms with van der Waals surface area (Å²) in [5, 5.41) is 6.29. The molecule has 0 radical (unpaired) electrons. The molecule has 0 atom stereocenters. The lowest BCUT2D eigenvalue weighted by molar-refractivity contribution is 0.980. The second-order valence-electron chi connectivity index (χ2n) is 4.54. The molecule has 0 aromatic heterocycles. The minimum atomic E-state index is 0.590. The zero-order chi connectivity index (χ0) is 13.7. The van der Waals surface area contributed by atoms with Crippen molar-refractivity contribution < 1.29 is 0 Å². The number of hydrogen-bond donors (Lipinski definition) is 2. The van der Waals surface area contributed by atoms with Gasteiger partial charge in [0.05, 0.1) is 6.54 Å². The van der Waals surface area contributed by atoms with Gasteiger partial charge in [-0.05, 0) is 41.8 Å². The maximum atomic E-state index is 4.41. The van der Waals surface area contributed by atoms with Crippen molar-refractivity contribution in [2.24, 2.45) is 4.99 Å². The van der Waals surface area contributed by atoms with Gasteiger partial charge in [0.1, 0.15) is 0 Å². The molecule has 0 amide bonds. The Balaban J connectivity index is 2.39. The number of aliphatic imine (C=N–C) groups is 1. The predicted octanol–water partition coefficient (Wildman–Crippen LogP) is 3.20. The lowest BCUT2D eigenvalue weighted by Crippen LogP contribution is -2.06. The molecule has 1 aliphatic heterocycles. The Morgan fingerprint density at radius 3 is 3.00 bits per heavy atom. The van der Waals surface area contributed by atoms with E-state index in [1.165, 1.54) is 0 Å². The maximum absolute atomic E-state index is 4.41. The van der Waals surface area contributed by atoms with E-state index in [9.17, 15) is 0 Å². The van der Waals surface area contributed by atoms with Gasteiger partial charge in [0.2, 0.25) is 0 Å². The van der Waals surface area contributed by atoms with Gasteiger partial charge in [-0.2, -0.15) is 0 Å². The molecule has 0 aliphatic carbocycles. The van der Waals surface area contributed by atoms with Crippen LogP contribution in [0.5, 0.6) is 0 Å². The predicted molar refractivity (Wildman–Crippen MR) is 83.4 cm³/mol. The quantitative estimate of drug-likeness (QED) is 0.849. The molecule has 3 heteroatoms. The average molecular weight is 253 g/mol. The summed E-state index contributed by atoms with van der Waals surface area (Å²) in [6, 6.07) is 8.29. The zero-order valence-electron chi connectivity index (χ0n) is 11.4. The van der Waals surface area contributed by atoms with Crippen molar-refractivity contribution >= 4 is 17.5 Å². The molecule has 1 aromatic carbocycles. The molecular weight excluding hydrogens is 234 g/mol. The molecule has 0 unspecified atom stereocenters. The van der Waals surface area contributed by atoms with Gasteiger partial charge < -0.3 is 10.6 Å². The summed E-state index contributed by atoms with van der Waals surface area (Å²) in [5.74, 6) is 0. The van der Waals surface area contributed by atoms with Crippen molar-refractivity contribution in [1.29, 1.82) is 0 Å². The van der Waals surface area contributed by atoms with Gasteiger partial charge in [-0.1, -0.05) is 18.7 Å². The van der Waals surface area contributed by atoms with Gasteiger partial charge >= 0.3 is 0 Å². The van der Waals surface area contributed by atoms with E-state index in [0.29, 0.717) is 6.54 Å². The van der Waals surface area contributed by atoms with E-state index in [0.717, 1.165) is 28.1 Å². The third-order valence-corrected chi connectivity index (χ3v) is 2.88. The normalized spacial score (nSPS) is 21.1. The van der Waals surface area contributed by atoms with Crippen LogP contribution < -0.4 is 10.6 Å². The Bertz CT molecular complexity index is 565. The van der Waals surface area contributed by atoms with Crippen LogP contribution in [-0.2, 0) is 0 Å². The van der Waals surface area contributed by atoms with E-state index in [2.05, 4.69) is 47.3 Å².